The van der Waals surface area contributed by atoms with E-state index in [0.29, 0.717) is 13.1 Å². The van der Waals surface area contributed by atoms with E-state index in [2.05, 4.69) is 16.0 Å². The van der Waals surface area contributed by atoms with Gasteiger partial charge >= 0.3 is 12.0 Å². The van der Waals surface area contributed by atoms with Crippen molar-refractivity contribution in [2.24, 2.45) is 5.92 Å². The van der Waals surface area contributed by atoms with Crippen molar-refractivity contribution in [2.45, 2.75) is 12.8 Å². The molecule has 0 atom stereocenters. The van der Waals surface area contributed by atoms with Crippen LogP contribution in [0.5, 0.6) is 0 Å². The number of hydrogen-bond donors (Lipinski definition) is 4. The second kappa shape index (κ2) is 8.30. The molecule has 0 spiro atoms. The molecule has 8 nitrogen and oxygen atoms in total. The van der Waals surface area contributed by atoms with Crippen LogP contribution in [-0.2, 0) is 14.3 Å². The van der Waals surface area contributed by atoms with Crippen molar-refractivity contribution >= 4 is 17.9 Å². The van der Waals surface area contributed by atoms with Gasteiger partial charge in [0.1, 0.15) is 6.61 Å². The summed E-state index contributed by atoms with van der Waals surface area (Å²) in [5.74, 6) is -0.833. The Hall–Kier alpha value is -1.83. The molecule has 0 saturated heterocycles. The van der Waals surface area contributed by atoms with Crippen LogP contribution in [0.3, 0.4) is 0 Å². The lowest BCUT2D eigenvalue weighted by atomic mass is 10.4. The van der Waals surface area contributed by atoms with Crippen molar-refractivity contribution in [2.75, 3.05) is 32.8 Å². The van der Waals surface area contributed by atoms with Crippen LogP contribution in [0.2, 0.25) is 0 Å². The monoisotopic (exact) mass is 273 g/mol. The van der Waals surface area contributed by atoms with Crippen LogP contribution in [0.1, 0.15) is 12.8 Å². The predicted octanol–water partition coefficient (Wildman–Crippen LogP) is -1.09. The topological polar surface area (TPSA) is 117 Å². The van der Waals surface area contributed by atoms with E-state index >= 15 is 0 Å². The van der Waals surface area contributed by atoms with E-state index in [1.54, 1.807) is 0 Å². The highest BCUT2D eigenvalue weighted by molar-refractivity contribution is 5.80. The Morgan fingerprint density at radius 1 is 1.05 bits per heavy atom. The lowest BCUT2D eigenvalue weighted by Gasteiger charge is -2.08. The van der Waals surface area contributed by atoms with E-state index in [0.717, 1.165) is 12.8 Å². The zero-order valence-electron chi connectivity index (χ0n) is 10.6. The van der Waals surface area contributed by atoms with Gasteiger partial charge in [0.05, 0.1) is 6.61 Å². The van der Waals surface area contributed by atoms with E-state index in [4.69, 9.17) is 9.84 Å². The zero-order valence-corrected chi connectivity index (χ0v) is 10.6. The molecular weight excluding hydrogens is 254 g/mol. The van der Waals surface area contributed by atoms with Gasteiger partial charge in [-0.1, -0.05) is 0 Å². The second-order valence-electron chi connectivity index (χ2n) is 4.19. The van der Waals surface area contributed by atoms with Gasteiger partial charge in [-0.2, -0.15) is 0 Å². The van der Waals surface area contributed by atoms with Crippen molar-refractivity contribution in [1.29, 1.82) is 0 Å². The highest BCUT2D eigenvalue weighted by Crippen LogP contribution is 2.28. The Kier molecular flexibility index (Phi) is 6.65. The SMILES string of the molecule is O=C(O)COCCNC(=O)NCCNC(=O)C1CC1. The number of amides is 3. The zero-order chi connectivity index (χ0) is 14.1. The number of carbonyl (C=O) groups is 3. The van der Waals surface area contributed by atoms with E-state index in [9.17, 15) is 14.4 Å². The van der Waals surface area contributed by atoms with Crippen molar-refractivity contribution in [3.8, 4) is 0 Å². The number of aliphatic carboxylic acids is 1. The van der Waals surface area contributed by atoms with Crippen LogP contribution in [0.25, 0.3) is 0 Å². The Balaban J connectivity index is 1.87. The Bertz CT molecular complexity index is 330. The number of urea groups is 1. The molecule has 0 aromatic heterocycles. The molecule has 0 radical (unpaired) electrons. The number of carboxylic acids is 1. The summed E-state index contributed by atoms with van der Waals surface area (Å²) in [6.07, 6.45) is 1.91. The fourth-order valence-electron chi connectivity index (χ4n) is 1.31. The molecule has 1 aliphatic rings. The molecule has 1 aliphatic carbocycles. The van der Waals surface area contributed by atoms with Gasteiger partial charge in [0.2, 0.25) is 5.91 Å². The first-order chi connectivity index (χ1) is 9.09. The average molecular weight is 273 g/mol. The Morgan fingerprint density at radius 2 is 1.68 bits per heavy atom. The fraction of sp³-hybridized carbons (Fsp3) is 0.727. The van der Waals surface area contributed by atoms with Gasteiger partial charge in [-0.3, -0.25) is 4.79 Å². The van der Waals surface area contributed by atoms with Crippen molar-refractivity contribution in [3.05, 3.63) is 0 Å². The van der Waals surface area contributed by atoms with Gasteiger partial charge in [-0.15, -0.1) is 0 Å². The third kappa shape index (κ3) is 7.98. The molecular formula is C11H19N3O5. The highest BCUT2D eigenvalue weighted by Gasteiger charge is 2.28. The number of carbonyl (C=O) groups excluding carboxylic acids is 2. The van der Waals surface area contributed by atoms with Crippen molar-refractivity contribution < 1.29 is 24.2 Å². The molecule has 0 unspecified atom stereocenters. The number of nitrogens with one attached hydrogen (secondary N) is 3. The molecule has 0 heterocycles. The van der Waals surface area contributed by atoms with E-state index in [-0.39, 0.29) is 37.6 Å². The molecule has 0 aromatic rings. The first-order valence-corrected chi connectivity index (χ1v) is 6.18. The van der Waals surface area contributed by atoms with Crippen LogP contribution in [0, 0.1) is 5.92 Å². The average Bonchev–Trinajstić information content (AvgIpc) is 3.17. The molecule has 1 rings (SSSR count). The number of hydrogen-bond acceptors (Lipinski definition) is 4. The van der Waals surface area contributed by atoms with Crippen LogP contribution in [0.4, 0.5) is 4.79 Å². The minimum absolute atomic E-state index is 0.0456. The van der Waals surface area contributed by atoms with E-state index in [1.807, 2.05) is 0 Å². The van der Waals surface area contributed by atoms with Crippen LogP contribution in [0.15, 0.2) is 0 Å². The molecule has 19 heavy (non-hydrogen) atoms. The summed E-state index contributed by atoms with van der Waals surface area (Å²) >= 11 is 0. The first kappa shape index (κ1) is 15.2. The van der Waals surface area contributed by atoms with Gasteiger partial charge in [-0.05, 0) is 12.8 Å². The van der Waals surface area contributed by atoms with Gasteiger partial charge in [0.15, 0.2) is 0 Å². The number of carboxylic acid groups (broad SMARTS) is 1. The van der Waals surface area contributed by atoms with Crippen LogP contribution in [-0.4, -0.2) is 55.9 Å². The summed E-state index contributed by atoms with van der Waals surface area (Å²) < 4.78 is 4.74. The Labute approximate surface area is 110 Å². The predicted molar refractivity (Wildman–Crippen MR) is 65.6 cm³/mol. The second-order valence-corrected chi connectivity index (χ2v) is 4.19. The minimum atomic E-state index is -1.05. The molecule has 8 heteroatoms. The molecule has 0 aliphatic heterocycles. The summed E-state index contributed by atoms with van der Waals surface area (Å²) in [6, 6.07) is -0.375. The molecule has 4 N–H and O–H groups in total. The lowest BCUT2D eigenvalue weighted by Crippen LogP contribution is -2.41. The Morgan fingerprint density at radius 3 is 2.32 bits per heavy atom. The van der Waals surface area contributed by atoms with Crippen molar-refractivity contribution in [3.63, 3.8) is 0 Å². The molecule has 1 fully saturated rings. The third-order valence-electron chi connectivity index (χ3n) is 2.42. The van der Waals surface area contributed by atoms with E-state index in [1.165, 1.54) is 0 Å². The smallest absolute Gasteiger partial charge is 0.329 e. The summed E-state index contributed by atoms with van der Waals surface area (Å²) in [7, 11) is 0. The normalized spacial score (nSPS) is 13.7. The molecule has 108 valence electrons. The van der Waals surface area contributed by atoms with E-state index < -0.39 is 5.97 Å². The standard InChI is InChI=1S/C11H19N3O5/c15-9(16)7-19-6-5-14-11(18)13-4-3-12-10(17)8-1-2-8/h8H,1-7H2,(H,12,17)(H,15,16)(H2,13,14,18). The summed E-state index contributed by atoms with van der Waals surface area (Å²) in [5, 5.41) is 16.1. The highest BCUT2D eigenvalue weighted by atomic mass is 16.5. The molecule has 0 bridgehead atoms. The van der Waals surface area contributed by atoms with Gasteiger partial charge < -0.3 is 25.8 Å². The van der Waals surface area contributed by atoms with Gasteiger partial charge in [-0.25, -0.2) is 9.59 Å². The maximum absolute atomic E-state index is 11.2. The summed E-state index contributed by atoms with van der Waals surface area (Å²) in [6.45, 7) is 0.737. The maximum Gasteiger partial charge on any atom is 0.329 e. The number of ether oxygens (including phenoxy) is 1. The van der Waals surface area contributed by atoms with Gasteiger partial charge in [0.25, 0.3) is 0 Å². The van der Waals surface area contributed by atoms with Crippen LogP contribution >= 0.6 is 0 Å². The van der Waals surface area contributed by atoms with Crippen LogP contribution < -0.4 is 16.0 Å². The quantitative estimate of drug-likeness (QED) is 0.398. The lowest BCUT2D eigenvalue weighted by molar-refractivity contribution is -0.142. The maximum atomic E-state index is 11.2. The largest absolute Gasteiger partial charge is 0.480 e. The van der Waals surface area contributed by atoms with Gasteiger partial charge in [0, 0.05) is 25.6 Å². The van der Waals surface area contributed by atoms with Crippen molar-refractivity contribution in [1.82, 2.24) is 16.0 Å². The summed E-state index contributed by atoms with van der Waals surface area (Å²) in [5.41, 5.74) is 0. The molecule has 0 aromatic carbocycles. The summed E-state index contributed by atoms with van der Waals surface area (Å²) in [4.78, 5) is 32.6. The molecule has 3 amide bonds. The fourth-order valence-corrected chi connectivity index (χ4v) is 1.31. The third-order valence-corrected chi connectivity index (χ3v) is 2.42. The minimum Gasteiger partial charge on any atom is -0.480 e. The molecule has 1 saturated carbocycles. The number of rotatable bonds is 9. The first-order valence-electron chi connectivity index (χ1n) is 6.18.